The molecule has 2 saturated heterocycles. The van der Waals surface area contributed by atoms with E-state index in [9.17, 15) is 23.1 Å². The van der Waals surface area contributed by atoms with Gasteiger partial charge in [-0.15, -0.1) is 0 Å². The molecule has 0 spiro atoms. The van der Waals surface area contributed by atoms with Crippen LogP contribution in [-0.2, 0) is 14.8 Å². The van der Waals surface area contributed by atoms with Crippen LogP contribution in [0.15, 0.2) is 23.1 Å². The lowest BCUT2D eigenvalue weighted by atomic mass is 9.99. The second kappa shape index (κ2) is 7.59. The Morgan fingerprint density at radius 3 is 2.37 bits per heavy atom. The number of sulfonamides is 1. The molecular weight excluding hydrogens is 368 g/mol. The van der Waals surface area contributed by atoms with E-state index in [1.165, 1.54) is 15.3 Å². The zero-order valence-electron chi connectivity index (χ0n) is 15.7. The molecule has 2 aliphatic rings. The standard InChI is InChI=1S/C19H26N2O5S/c1-13-6-7-15(18(22)20-11-14(2)16(12-20)19(23)24)10-17(13)27(25,26)21-8-4-3-5-9-21/h6-7,10,14,16H,3-5,8-9,11-12H2,1-2H3,(H,23,24)/t14-,16-/m1/s1. The maximum atomic E-state index is 13.0. The first-order chi connectivity index (χ1) is 12.7. The quantitative estimate of drug-likeness (QED) is 0.842. The van der Waals surface area contributed by atoms with E-state index >= 15 is 0 Å². The summed E-state index contributed by atoms with van der Waals surface area (Å²) in [6.45, 7) is 5.06. The van der Waals surface area contributed by atoms with E-state index in [0.29, 0.717) is 25.2 Å². The van der Waals surface area contributed by atoms with Crippen LogP contribution in [0.25, 0.3) is 0 Å². The summed E-state index contributed by atoms with van der Waals surface area (Å²) >= 11 is 0. The molecule has 8 heteroatoms. The van der Waals surface area contributed by atoms with Crippen LogP contribution in [0.3, 0.4) is 0 Å². The van der Waals surface area contributed by atoms with Crippen LogP contribution in [0.1, 0.15) is 42.1 Å². The first kappa shape index (κ1) is 19.8. The maximum Gasteiger partial charge on any atom is 0.308 e. The van der Waals surface area contributed by atoms with Gasteiger partial charge in [-0.2, -0.15) is 4.31 Å². The maximum absolute atomic E-state index is 13.0. The highest BCUT2D eigenvalue weighted by atomic mass is 32.2. The minimum atomic E-state index is -3.64. The molecular formula is C19H26N2O5S. The summed E-state index contributed by atoms with van der Waals surface area (Å²) < 4.78 is 27.5. The van der Waals surface area contributed by atoms with Gasteiger partial charge in [0, 0.05) is 31.7 Å². The topological polar surface area (TPSA) is 95.0 Å². The van der Waals surface area contributed by atoms with Gasteiger partial charge in [0.2, 0.25) is 10.0 Å². The molecule has 2 aliphatic heterocycles. The highest BCUT2D eigenvalue weighted by Gasteiger charge is 2.37. The number of carboxylic acid groups (broad SMARTS) is 1. The molecule has 0 saturated carbocycles. The number of aliphatic carboxylic acids is 1. The van der Waals surface area contributed by atoms with Crippen molar-refractivity contribution in [3.63, 3.8) is 0 Å². The lowest BCUT2D eigenvalue weighted by molar-refractivity contribution is -0.142. The van der Waals surface area contributed by atoms with Gasteiger partial charge in [-0.05, 0) is 43.4 Å². The van der Waals surface area contributed by atoms with Gasteiger partial charge < -0.3 is 10.0 Å². The van der Waals surface area contributed by atoms with E-state index in [0.717, 1.165) is 19.3 Å². The summed E-state index contributed by atoms with van der Waals surface area (Å²) in [6, 6.07) is 4.71. The molecule has 1 N–H and O–H groups in total. The fourth-order valence-corrected chi connectivity index (χ4v) is 5.66. The minimum Gasteiger partial charge on any atom is -0.481 e. The molecule has 0 aromatic heterocycles. The first-order valence-electron chi connectivity index (χ1n) is 9.34. The minimum absolute atomic E-state index is 0.131. The fourth-order valence-electron chi connectivity index (χ4n) is 3.89. The van der Waals surface area contributed by atoms with E-state index in [4.69, 9.17) is 0 Å². The van der Waals surface area contributed by atoms with E-state index in [1.807, 2.05) is 6.92 Å². The van der Waals surface area contributed by atoms with Crippen molar-refractivity contribution < 1.29 is 23.1 Å². The Bertz CT molecular complexity index is 846. The van der Waals surface area contributed by atoms with E-state index < -0.39 is 21.9 Å². The average molecular weight is 394 g/mol. The second-order valence-corrected chi connectivity index (χ2v) is 9.48. The van der Waals surface area contributed by atoms with Crippen molar-refractivity contribution in [1.29, 1.82) is 0 Å². The van der Waals surface area contributed by atoms with Crippen molar-refractivity contribution in [3.8, 4) is 0 Å². The summed E-state index contributed by atoms with van der Waals surface area (Å²) in [4.78, 5) is 25.8. The van der Waals surface area contributed by atoms with Crippen LogP contribution in [-0.4, -0.2) is 60.8 Å². The Balaban J connectivity index is 1.87. The first-order valence-corrected chi connectivity index (χ1v) is 10.8. The molecule has 1 amide bonds. The molecule has 0 radical (unpaired) electrons. The highest BCUT2D eigenvalue weighted by molar-refractivity contribution is 7.89. The fraction of sp³-hybridized carbons (Fsp3) is 0.579. The van der Waals surface area contributed by atoms with Crippen LogP contribution >= 0.6 is 0 Å². The number of hydrogen-bond donors (Lipinski definition) is 1. The number of hydrogen-bond acceptors (Lipinski definition) is 4. The Kier molecular flexibility index (Phi) is 5.58. The lowest BCUT2D eigenvalue weighted by Crippen LogP contribution is -2.36. The number of rotatable bonds is 4. The molecule has 3 rings (SSSR count). The third-order valence-electron chi connectivity index (χ3n) is 5.58. The van der Waals surface area contributed by atoms with E-state index in [-0.39, 0.29) is 28.8 Å². The van der Waals surface area contributed by atoms with Crippen molar-refractivity contribution in [2.45, 2.75) is 38.0 Å². The predicted molar refractivity (Wildman–Crippen MR) is 100.0 cm³/mol. The van der Waals surface area contributed by atoms with Crippen LogP contribution in [0.2, 0.25) is 0 Å². The second-order valence-electron chi connectivity index (χ2n) is 7.58. The molecule has 2 atom stereocenters. The normalized spacial score (nSPS) is 24.1. The van der Waals surface area contributed by atoms with Gasteiger partial charge >= 0.3 is 5.97 Å². The van der Waals surface area contributed by atoms with Crippen molar-refractivity contribution in [2.24, 2.45) is 11.8 Å². The summed E-state index contributed by atoms with van der Waals surface area (Å²) in [5, 5.41) is 9.26. The third-order valence-corrected chi connectivity index (χ3v) is 7.63. The number of likely N-dealkylation sites (tertiary alicyclic amines) is 1. The van der Waals surface area contributed by atoms with Gasteiger partial charge in [-0.3, -0.25) is 9.59 Å². The zero-order valence-corrected chi connectivity index (χ0v) is 16.5. The number of amides is 1. The number of carbonyl (C=O) groups is 2. The third kappa shape index (κ3) is 3.87. The smallest absolute Gasteiger partial charge is 0.308 e. The average Bonchev–Trinajstić information content (AvgIpc) is 3.04. The molecule has 0 bridgehead atoms. The Morgan fingerprint density at radius 2 is 1.78 bits per heavy atom. The van der Waals surface area contributed by atoms with Gasteiger partial charge in [0.05, 0.1) is 10.8 Å². The number of carbonyl (C=O) groups excluding carboxylic acids is 1. The molecule has 0 unspecified atom stereocenters. The van der Waals surface area contributed by atoms with Crippen LogP contribution in [0.5, 0.6) is 0 Å². The van der Waals surface area contributed by atoms with Crippen molar-refractivity contribution in [3.05, 3.63) is 29.3 Å². The molecule has 148 valence electrons. The molecule has 2 fully saturated rings. The van der Waals surface area contributed by atoms with Crippen LogP contribution < -0.4 is 0 Å². The van der Waals surface area contributed by atoms with Gasteiger partial charge in [-0.25, -0.2) is 8.42 Å². The van der Waals surface area contributed by atoms with E-state index in [1.54, 1.807) is 19.1 Å². The number of aryl methyl sites for hydroxylation is 1. The summed E-state index contributed by atoms with van der Waals surface area (Å²) in [5.41, 5.74) is 0.893. The van der Waals surface area contributed by atoms with E-state index in [2.05, 4.69) is 0 Å². The molecule has 27 heavy (non-hydrogen) atoms. The zero-order chi connectivity index (χ0) is 19.8. The van der Waals surface area contributed by atoms with Crippen molar-refractivity contribution >= 4 is 21.9 Å². The lowest BCUT2D eigenvalue weighted by Gasteiger charge is -2.27. The van der Waals surface area contributed by atoms with Gasteiger partial charge in [0.1, 0.15) is 0 Å². The summed E-state index contributed by atoms with van der Waals surface area (Å²) in [5.74, 6) is -1.94. The molecule has 0 aliphatic carbocycles. The van der Waals surface area contributed by atoms with Gasteiger partial charge in [0.15, 0.2) is 0 Å². The monoisotopic (exact) mass is 394 g/mol. The molecule has 2 heterocycles. The van der Waals surface area contributed by atoms with Crippen molar-refractivity contribution in [2.75, 3.05) is 26.2 Å². The number of nitrogens with zero attached hydrogens (tertiary/aromatic N) is 2. The number of benzene rings is 1. The van der Waals surface area contributed by atoms with Crippen LogP contribution in [0, 0.1) is 18.8 Å². The Labute approximate surface area is 160 Å². The van der Waals surface area contributed by atoms with Gasteiger partial charge in [0.25, 0.3) is 5.91 Å². The Morgan fingerprint density at radius 1 is 1.11 bits per heavy atom. The highest BCUT2D eigenvalue weighted by Crippen LogP contribution is 2.28. The number of piperidine rings is 1. The number of carboxylic acids is 1. The molecule has 1 aromatic carbocycles. The summed E-state index contributed by atoms with van der Waals surface area (Å²) in [6.07, 6.45) is 2.72. The summed E-state index contributed by atoms with van der Waals surface area (Å²) in [7, 11) is -3.64. The predicted octanol–water partition coefficient (Wildman–Crippen LogP) is 1.96. The molecule has 1 aromatic rings. The SMILES string of the molecule is Cc1ccc(C(=O)N2C[C@@H](C)[C@H](C(=O)O)C2)cc1S(=O)(=O)N1CCCCC1. The van der Waals surface area contributed by atoms with Crippen molar-refractivity contribution in [1.82, 2.24) is 9.21 Å². The van der Waals surface area contributed by atoms with Gasteiger partial charge in [-0.1, -0.05) is 19.4 Å². The Hall–Kier alpha value is -1.93. The largest absolute Gasteiger partial charge is 0.481 e. The molecule has 7 nitrogen and oxygen atoms in total. The van der Waals surface area contributed by atoms with Crippen LogP contribution in [0.4, 0.5) is 0 Å².